The lowest BCUT2D eigenvalue weighted by Crippen LogP contribution is -2.45. The van der Waals surface area contributed by atoms with Crippen molar-refractivity contribution in [1.29, 1.82) is 0 Å². The van der Waals surface area contributed by atoms with Crippen molar-refractivity contribution < 1.29 is 9.18 Å². The SMILES string of the molecule is O=C(NC1CCN(c2ccccn2)CC1)c1cccnc1Nc1cccc(F)c1. The number of hydrogen-bond acceptors (Lipinski definition) is 5. The first-order chi connectivity index (χ1) is 14.2. The summed E-state index contributed by atoms with van der Waals surface area (Å²) in [4.78, 5) is 23.7. The van der Waals surface area contributed by atoms with Gasteiger partial charge in [0.05, 0.1) is 5.56 Å². The molecule has 2 aromatic heterocycles. The van der Waals surface area contributed by atoms with E-state index in [4.69, 9.17) is 0 Å². The zero-order valence-corrected chi connectivity index (χ0v) is 15.9. The van der Waals surface area contributed by atoms with Crippen molar-refractivity contribution in [2.75, 3.05) is 23.3 Å². The van der Waals surface area contributed by atoms with E-state index < -0.39 is 0 Å². The monoisotopic (exact) mass is 391 g/mol. The maximum Gasteiger partial charge on any atom is 0.255 e. The smallest absolute Gasteiger partial charge is 0.255 e. The van der Waals surface area contributed by atoms with Gasteiger partial charge in [0.15, 0.2) is 0 Å². The van der Waals surface area contributed by atoms with Crippen LogP contribution in [0.25, 0.3) is 0 Å². The largest absolute Gasteiger partial charge is 0.356 e. The molecule has 0 bridgehead atoms. The molecule has 6 nitrogen and oxygen atoms in total. The van der Waals surface area contributed by atoms with Crippen LogP contribution in [0.5, 0.6) is 0 Å². The van der Waals surface area contributed by atoms with Gasteiger partial charge in [0.2, 0.25) is 0 Å². The first-order valence-corrected chi connectivity index (χ1v) is 9.63. The minimum absolute atomic E-state index is 0.0877. The lowest BCUT2D eigenvalue weighted by molar-refractivity contribution is 0.0931. The Morgan fingerprint density at radius 3 is 2.59 bits per heavy atom. The van der Waals surface area contributed by atoms with E-state index in [-0.39, 0.29) is 17.8 Å². The first kappa shape index (κ1) is 18.9. The molecule has 1 fully saturated rings. The summed E-state index contributed by atoms with van der Waals surface area (Å²) in [6, 6.07) is 15.5. The Morgan fingerprint density at radius 1 is 1.00 bits per heavy atom. The van der Waals surface area contributed by atoms with Gasteiger partial charge in [-0.05, 0) is 55.3 Å². The molecule has 29 heavy (non-hydrogen) atoms. The summed E-state index contributed by atoms with van der Waals surface area (Å²) in [5.74, 6) is 0.831. The Kier molecular flexibility index (Phi) is 5.65. The number of anilines is 3. The van der Waals surface area contributed by atoms with E-state index in [0.717, 1.165) is 31.7 Å². The van der Waals surface area contributed by atoms with Gasteiger partial charge in [0.1, 0.15) is 17.5 Å². The number of benzene rings is 1. The molecule has 3 heterocycles. The van der Waals surface area contributed by atoms with Crippen LogP contribution in [0.4, 0.5) is 21.7 Å². The molecule has 2 N–H and O–H groups in total. The highest BCUT2D eigenvalue weighted by molar-refractivity contribution is 5.99. The number of aromatic nitrogens is 2. The number of amides is 1. The fraction of sp³-hybridized carbons (Fsp3) is 0.227. The second kappa shape index (κ2) is 8.68. The lowest BCUT2D eigenvalue weighted by atomic mass is 10.0. The van der Waals surface area contributed by atoms with Crippen LogP contribution in [0.1, 0.15) is 23.2 Å². The van der Waals surface area contributed by atoms with Crippen LogP contribution in [0.2, 0.25) is 0 Å². The third-order valence-corrected chi connectivity index (χ3v) is 4.94. The molecule has 0 spiro atoms. The number of carbonyl (C=O) groups excluding carboxylic acids is 1. The minimum Gasteiger partial charge on any atom is -0.356 e. The fourth-order valence-corrected chi connectivity index (χ4v) is 3.45. The number of halogens is 1. The third-order valence-electron chi connectivity index (χ3n) is 4.94. The normalized spacial score (nSPS) is 14.4. The third kappa shape index (κ3) is 4.68. The Morgan fingerprint density at radius 2 is 1.83 bits per heavy atom. The minimum atomic E-state index is -0.350. The molecule has 0 atom stereocenters. The van der Waals surface area contributed by atoms with E-state index in [1.54, 1.807) is 36.7 Å². The zero-order valence-electron chi connectivity index (χ0n) is 15.9. The van der Waals surface area contributed by atoms with Crippen LogP contribution in [0.15, 0.2) is 67.0 Å². The van der Waals surface area contributed by atoms with Crippen molar-refractivity contribution in [1.82, 2.24) is 15.3 Å². The van der Waals surface area contributed by atoms with Gasteiger partial charge in [-0.15, -0.1) is 0 Å². The predicted octanol–water partition coefficient (Wildman–Crippen LogP) is 3.76. The van der Waals surface area contributed by atoms with E-state index in [1.165, 1.54) is 12.1 Å². The molecule has 0 unspecified atom stereocenters. The Hall–Kier alpha value is -3.48. The molecule has 1 aromatic carbocycles. The van der Waals surface area contributed by atoms with Gasteiger partial charge in [0, 0.05) is 37.2 Å². The molecular weight excluding hydrogens is 369 g/mol. The van der Waals surface area contributed by atoms with Gasteiger partial charge in [-0.3, -0.25) is 4.79 Å². The van der Waals surface area contributed by atoms with Crippen molar-refractivity contribution in [2.24, 2.45) is 0 Å². The van der Waals surface area contributed by atoms with Crippen molar-refractivity contribution in [2.45, 2.75) is 18.9 Å². The number of piperidine rings is 1. The van der Waals surface area contributed by atoms with E-state index in [0.29, 0.717) is 17.1 Å². The lowest BCUT2D eigenvalue weighted by Gasteiger charge is -2.33. The highest BCUT2D eigenvalue weighted by atomic mass is 19.1. The van der Waals surface area contributed by atoms with Gasteiger partial charge < -0.3 is 15.5 Å². The van der Waals surface area contributed by atoms with E-state index in [2.05, 4.69) is 25.5 Å². The molecule has 3 aromatic rings. The van der Waals surface area contributed by atoms with Crippen LogP contribution in [-0.4, -0.2) is 35.0 Å². The predicted molar refractivity (Wildman–Crippen MR) is 111 cm³/mol. The van der Waals surface area contributed by atoms with Crippen LogP contribution in [-0.2, 0) is 0 Å². The molecular formula is C22H22FN5O. The second-order valence-corrected chi connectivity index (χ2v) is 6.96. The van der Waals surface area contributed by atoms with E-state index >= 15 is 0 Å². The molecule has 1 aliphatic heterocycles. The summed E-state index contributed by atoms with van der Waals surface area (Å²) in [7, 11) is 0. The summed E-state index contributed by atoms with van der Waals surface area (Å²) in [5.41, 5.74) is 0.977. The molecule has 0 radical (unpaired) electrons. The number of carbonyl (C=O) groups is 1. The van der Waals surface area contributed by atoms with Gasteiger partial charge in [-0.2, -0.15) is 0 Å². The summed E-state index contributed by atoms with van der Waals surface area (Å²) in [6.45, 7) is 1.67. The number of nitrogens with one attached hydrogen (secondary N) is 2. The van der Waals surface area contributed by atoms with Gasteiger partial charge in [-0.25, -0.2) is 14.4 Å². The number of rotatable bonds is 5. The summed E-state index contributed by atoms with van der Waals surface area (Å²) < 4.78 is 13.4. The van der Waals surface area contributed by atoms with Gasteiger partial charge in [-0.1, -0.05) is 12.1 Å². The number of nitrogens with zero attached hydrogens (tertiary/aromatic N) is 3. The number of pyridine rings is 2. The average molecular weight is 391 g/mol. The molecule has 1 aliphatic rings. The van der Waals surface area contributed by atoms with Crippen LogP contribution >= 0.6 is 0 Å². The maximum atomic E-state index is 13.4. The zero-order chi connectivity index (χ0) is 20.1. The maximum absolute atomic E-state index is 13.4. The Labute approximate surface area is 168 Å². The van der Waals surface area contributed by atoms with E-state index in [1.807, 2.05) is 18.2 Å². The van der Waals surface area contributed by atoms with Gasteiger partial charge >= 0.3 is 0 Å². The molecule has 0 aliphatic carbocycles. The second-order valence-electron chi connectivity index (χ2n) is 6.96. The molecule has 7 heteroatoms. The summed E-state index contributed by atoms with van der Waals surface area (Å²) in [6.07, 6.45) is 5.08. The van der Waals surface area contributed by atoms with Crippen molar-refractivity contribution in [3.63, 3.8) is 0 Å². The van der Waals surface area contributed by atoms with Crippen LogP contribution in [0.3, 0.4) is 0 Å². The Balaban J connectivity index is 1.39. The molecule has 148 valence electrons. The van der Waals surface area contributed by atoms with Crippen LogP contribution < -0.4 is 15.5 Å². The number of hydrogen-bond donors (Lipinski definition) is 2. The Bertz CT molecular complexity index is 974. The summed E-state index contributed by atoms with van der Waals surface area (Å²) in [5, 5.41) is 6.14. The fourth-order valence-electron chi connectivity index (χ4n) is 3.45. The van der Waals surface area contributed by atoms with Crippen molar-refractivity contribution >= 4 is 23.2 Å². The summed E-state index contributed by atoms with van der Waals surface area (Å²) >= 11 is 0. The highest BCUT2D eigenvalue weighted by Crippen LogP contribution is 2.21. The first-order valence-electron chi connectivity index (χ1n) is 9.63. The molecule has 0 saturated carbocycles. The van der Waals surface area contributed by atoms with Crippen molar-refractivity contribution in [3.05, 3.63) is 78.4 Å². The van der Waals surface area contributed by atoms with Crippen molar-refractivity contribution in [3.8, 4) is 0 Å². The standard InChI is InChI=1S/C22H22FN5O/c23-16-5-3-6-18(15-16)26-21-19(7-4-12-25-21)22(29)27-17-9-13-28(14-10-17)20-8-1-2-11-24-20/h1-8,11-12,15,17H,9-10,13-14H2,(H,25,26)(H,27,29). The van der Waals surface area contributed by atoms with Gasteiger partial charge in [0.25, 0.3) is 5.91 Å². The topological polar surface area (TPSA) is 70.2 Å². The molecule has 1 saturated heterocycles. The van der Waals surface area contributed by atoms with E-state index in [9.17, 15) is 9.18 Å². The average Bonchev–Trinajstić information content (AvgIpc) is 2.75. The molecule has 1 amide bonds. The van der Waals surface area contributed by atoms with Crippen LogP contribution in [0, 0.1) is 5.82 Å². The molecule has 4 rings (SSSR count). The highest BCUT2D eigenvalue weighted by Gasteiger charge is 2.23. The quantitative estimate of drug-likeness (QED) is 0.693.